The number of carboxylic acid groups (broad SMARTS) is 1. The van der Waals surface area contributed by atoms with Gasteiger partial charge in [-0.15, -0.1) is 0 Å². The van der Waals surface area contributed by atoms with Gasteiger partial charge in [-0.25, -0.2) is 4.79 Å². The molecule has 0 radical (unpaired) electrons. The van der Waals surface area contributed by atoms with Crippen molar-refractivity contribution in [3.8, 4) is 0 Å². The second-order valence-corrected chi connectivity index (χ2v) is 5.89. The quantitative estimate of drug-likeness (QED) is 0.796. The number of carbonyl (C=O) groups excluding carboxylic acids is 1. The first kappa shape index (κ1) is 14.3. The SMILES string of the molecule is CCC1CCN(C(=O)C(C)C2CNC2)C(C(=O)O)C1. The third-order valence-corrected chi connectivity index (χ3v) is 4.77. The number of aliphatic carboxylic acids is 1. The van der Waals surface area contributed by atoms with Crippen LogP contribution in [-0.2, 0) is 9.59 Å². The summed E-state index contributed by atoms with van der Waals surface area (Å²) in [6.07, 6.45) is 2.53. The highest BCUT2D eigenvalue weighted by molar-refractivity contribution is 5.85. The van der Waals surface area contributed by atoms with Gasteiger partial charge in [0.2, 0.25) is 5.91 Å². The van der Waals surface area contributed by atoms with Crippen LogP contribution in [0.1, 0.15) is 33.1 Å². The molecule has 3 unspecified atom stereocenters. The summed E-state index contributed by atoms with van der Waals surface area (Å²) in [6, 6.07) is -0.623. The second kappa shape index (κ2) is 5.90. The van der Waals surface area contributed by atoms with Gasteiger partial charge in [-0.05, 0) is 37.8 Å². The predicted octanol–water partition coefficient (Wildman–Crippen LogP) is 0.944. The number of carboxylic acids is 1. The van der Waals surface area contributed by atoms with Gasteiger partial charge in [-0.2, -0.15) is 0 Å². The zero-order valence-corrected chi connectivity index (χ0v) is 11.8. The second-order valence-electron chi connectivity index (χ2n) is 5.89. The van der Waals surface area contributed by atoms with Crippen LogP contribution >= 0.6 is 0 Å². The lowest BCUT2D eigenvalue weighted by atomic mass is 9.84. The molecule has 0 aromatic rings. The molecule has 108 valence electrons. The molecule has 2 aliphatic rings. The third-order valence-electron chi connectivity index (χ3n) is 4.77. The largest absolute Gasteiger partial charge is 0.480 e. The number of rotatable bonds is 4. The van der Waals surface area contributed by atoms with Crippen molar-refractivity contribution in [2.75, 3.05) is 19.6 Å². The van der Waals surface area contributed by atoms with E-state index in [4.69, 9.17) is 0 Å². The van der Waals surface area contributed by atoms with Crippen LogP contribution in [0, 0.1) is 17.8 Å². The van der Waals surface area contributed by atoms with Gasteiger partial charge >= 0.3 is 5.97 Å². The van der Waals surface area contributed by atoms with E-state index in [0.717, 1.165) is 25.9 Å². The molecule has 0 bridgehead atoms. The number of carbonyl (C=O) groups is 2. The molecular weight excluding hydrogens is 244 g/mol. The fourth-order valence-electron chi connectivity index (χ4n) is 3.03. The Kier molecular flexibility index (Phi) is 4.45. The van der Waals surface area contributed by atoms with Crippen molar-refractivity contribution in [2.24, 2.45) is 17.8 Å². The van der Waals surface area contributed by atoms with Crippen molar-refractivity contribution >= 4 is 11.9 Å². The highest BCUT2D eigenvalue weighted by Gasteiger charge is 2.39. The minimum atomic E-state index is -0.856. The average molecular weight is 268 g/mol. The summed E-state index contributed by atoms with van der Waals surface area (Å²) >= 11 is 0. The molecule has 2 heterocycles. The Balaban J connectivity index is 2.03. The standard InChI is InChI=1S/C14H24N2O3/c1-3-10-4-5-16(12(6-10)14(18)19)13(17)9(2)11-7-15-8-11/h9-12,15H,3-8H2,1-2H3,(H,18,19). The van der Waals surface area contributed by atoms with Gasteiger partial charge in [0.25, 0.3) is 0 Å². The van der Waals surface area contributed by atoms with E-state index in [2.05, 4.69) is 12.2 Å². The third kappa shape index (κ3) is 2.91. The Hall–Kier alpha value is -1.10. The number of amides is 1. The topological polar surface area (TPSA) is 69.6 Å². The van der Waals surface area contributed by atoms with Crippen molar-refractivity contribution < 1.29 is 14.7 Å². The maximum atomic E-state index is 12.5. The monoisotopic (exact) mass is 268 g/mol. The smallest absolute Gasteiger partial charge is 0.326 e. The van der Waals surface area contributed by atoms with Crippen molar-refractivity contribution in [2.45, 2.75) is 39.2 Å². The molecule has 5 heteroatoms. The molecule has 2 rings (SSSR count). The number of nitrogens with one attached hydrogen (secondary N) is 1. The Morgan fingerprint density at radius 1 is 1.42 bits per heavy atom. The van der Waals surface area contributed by atoms with Crippen molar-refractivity contribution in [1.29, 1.82) is 0 Å². The summed E-state index contributed by atoms with van der Waals surface area (Å²) in [5.41, 5.74) is 0. The molecule has 19 heavy (non-hydrogen) atoms. The first-order valence-electron chi connectivity index (χ1n) is 7.28. The van der Waals surface area contributed by atoms with Crippen LogP contribution in [0.2, 0.25) is 0 Å². The minimum Gasteiger partial charge on any atom is -0.480 e. The van der Waals surface area contributed by atoms with E-state index < -0.39 is 12.0 Å². The molecule has 2 saturated heterocycles. The first-order valence-corrected chi connectivity index (χ1v) is 7.28. The van der Waals surface area contributed by atoms with Gasteiger partial charge < -0.3 is 15.3 Å². The fraction of sp³-hybridized carbons (Fsp3) is 0.857. The molecule has 5 nitrogen and oxygen atoms in total. The van der Waals surface area contributed by atoms with Crippen LogP contribution in [0.25, 0.3) is 0 Å². The van der Waals surface area contributed by atoms with Crippen LogP contribution < -0.4 is 5.32 Å². The normalized spacial score (nSPS) is 29.7. The molecular formula is C14H24N2O3. The van der Waals surface area contributed by atoms with Crippen LogP contribution in [0.15, 0.2) is 0 Å². The summed E-state index contributed by atoms with van der Waals surface area (Å²) in [5.74, 6) is -0.100. The lowest BCUT2D eigenvalue weighted by Crippen LogP contribution is -2.55. The Bertz CT molecular complexity index is 355. The van der Waals surface area contributed by atoms with Gasteiger partial charge in [0.15, 0.2) is 0 Å². The Morgan fingerprint density at radius 2 is 2.11 bits per heavy atom. The van der Waals surface area contributed by atoms with Crippen LogP contribution in [-0.4, -0.2) is 47.6 Å². The number of nitrogens with zero attached hydrogens (tertiary/aromatic N) is 1. The highest BCUT2D eigenvalue weighted by atomic mass is 16.4. The molecule has 1 amide bonds. The molecule has 0 aromatic heterocycles. The summed E-state index contributed by atoms with van der Waals surface area (Å²) in [6.45, 7) is 6.35. The van der Waals surface area contributed by atoms with Gasteiger partial charge in [0.05, 0.1) is 0 Å². The maximum absolute atomic E-state index is 12.5. The summed E-state index contributed by atoms with van der Waals surface area (Å²) in [4.78, 5) is 25.5. The highest BCUT2D eigenvalue weighted by Crippen LogP contribution is 2.28. The van der Waals surface area contributed by atoms with E-state index in [0.29, 0.717) is 24.8 Å². The molecule has 2 aliphatic heterocycles. The fourth-order valence-corrected chi connectivity index (χ4v) is 3.03. The summed E-state index contributed by atoms with van der Waals surface area (Å²) in [7, 11) is 0. The molecule has 0 aromatic carbocycles. The van der Waals surface area contributed by atoms with E-state index >= 15 is 0 Å². The molecule has 0 spiro atoms. The van der Waals surface area contributed by atoms with Gasteiger partial charge in [0.1, 0.15) is 6.04 Å². The van der Waals surface area contributed by atoms with Crippen molar-refractivity contribution in [1.82, 2.24) is 10.2 Å². The van der Waals surface area contributed by atoms with Gasteiger partial charge in [-0.3, -0.25) is 4.79 Å². The van der Waals surface area contributed by atoms with E-state index in [-0.39, 0.29) is 11.8 Å². The van der Waals surface area contributed by atoms with E-state index in [9.17, 15) is 14.7 Å². The molecule has 2 N–H and O–H groups in total. The van der Waals surface area contributed by atoms with E-state index in [1.165, 1.54) is 0 Å². The van der Waals surface area contributed by atoms with E-state index in [1.54, 1.807) is 4.90 Å². The minimum absolute atomic E-state index is 0.0217. The van der Waals surface area contributed by atoms with E-state index in [1.807, 2.05) is 6.92 Å². The summed E-state index contributed by atoms with van der Waals surface area (Å²) in [5, 5.41) is 12.5. The number of hydrogen-bond acceptors (Lipinski definition) is 3. The number of piperidine rings is 1. The average Bonchev–Trinajstić information content (AvgIpc) is 2.34. The van der Waals surface area contributed by atoms with Crippen LogP contribution in [0.5, 0.6) is 0 Å². The molecule has 2 fully saturated rings. The number of hydrogen-bond donors (Lipinski definition) is 2. The Labute approximate surface area is 114 Å². The van der Waals surface area contributed by atoms with Crippen molar-refractivity contribution in [3.05, 3.63) is 0 Å². The lowest BCUT2D eigenvalue weighted by molar-refractivity contribution is -0.156. The van der Waals surface area contributed by atoms with Gasteiger partial charge in [-0.1, -0.05) is 20.3 Å². The predicted molar refractivity (Wildman–Crippen MR) is 71.7 cm³/mol. The lowest BCUT2D eigenvalue weighted by Gasteiger charge is -2.41. The van der Waals surface area contributed by atoms with Crippen LogP contribution in [0.4, 0.5) is 0 Å². The van der Waals surface area contributed by atoms with Crippen molar-refractivity contribution in [3.63, 3.8) is 0 Å². The molecule has 3 atom stereocenters. The molecule has 0 saturated carbocycles. The maximum Gasteiger partial charge on any atom is 0.326 e. The first-order chi connectivity index (χ1) is 9.04. The van der Waals surface area contributed by atoms with Crippen LogP contribution in [0.3, 0.4) is 0 Å². The molecule has 0 aliphatic carbocycles. The zero-order valence-electron chi connectivity index (χ0n) is 11.8. The summed E-state index contributed by atoms with van der Waals surface area (Å²) < 4.78 is 0. The Morgan fingerprint density at radius 3 is 2.58 bits per heavy atom. The zero-order chi connectivity index (χ0) is 14.0. The number of likely N-dealkylation sites (tertiary alicyclic amines) is 1. The van der Waals surface area contributed by atoms with Gasteiger partial charge in [0, 0.05) is 12.5 Å².